The lowest BCUT2D eigenvalue weighted by Crippen LogP contribution is -2.43. The van der Waals surface area contributed by atoms with E-state index in [4.69, 9.17) is 11.5 Å². The molecule has 0 rings (SSSR count). The van der Waals surface area contributed by atoms with Crippen molar-refractivity contribution in [3.8, 4) is 0 Å². The number of carbonyl (C=O) groups is 1. The van der Waals surface area contributed by atoms with Gasteiger partial charge in [0.15, 0.2) is 6.23 Å². The Morgan fingerprint density at radius 2 is 2.00 bits per heavy atom. The molecule has 0 radical (unpaired) electrons. The average Bonchev–Trinajstić information content (AvgIpc) is 1.63. The molecular formula is C4H11N3O2. The molecule has 0 aliphatic rings. The minimum absolute atomic E-state index is 0.391. The van der Waals surface area contributed by atoms with Crippen molar-refractivity contribution in [2.24, 2.45) is 17.2 Å². The van der Waals surface area contributed by atoms with E-state index in [1.54, 1.807) is 6.92 Å². The first-order chi connectivity index (χ1) is 4.04. The molecule has 5 nitrogen and oxygen atoms in total. The maximum absolute atomic E-state index is 9.98. The van der Waals surface area contributed by atoms with E-state index in [1.807, 2.05) is 0 Å². The van der Waals surface area contributed by atoms with Crippen molar-refractivity contribution in [3.63, 3.8) is 0 Å². The molecule has 0 aliphatic heterocycles. The van der Waals surface area contributed by atoms with Crippen LogP contribution in [0, 0.1) is 0 Å². The van der Waals surface area contributed by atoms with Crippen LogP contribution in [0.1, 0.15) is 6.92 Å². The fourth-order valence-corrected chi connectivity index (χ4v) is 0.241. The van der Waals surface area contributed by atoms with Crippen LogP contribution in [0.15, 0.2) is 0 Å². The molecule has 0 fully saturated rings. The molecule has 1 amide bonds. The van der Waals surface area contributed by atoms with E-state index < -0.39 is 18.4 Å². The Kier molecular flexibility index (Phi) is 2.97. The highest BCUT2D eigenvalue weighted by atomic mass is 16.6. The van der Waals surface area contributed by atoms with Crippen molar-refractivity contribution in [2.45, 2.75) is 19.2 Å². The van der Waals surface area contributed by atoms with Gasteiger partial charge in [-0.3, -0.25) is 5.73 Å². The number of ether oxygens (including phenoxy) is 1. The number of nitrogens with two attached hydrogens (primary N) is 3. The van der Waals surface area contributed by atoms with Gasteiger partial charge in [-0.25, -0.2) is 4.79 Å². The third-order valence-corrected chi connectivity index (χ3v) is 0.770. The number of hydrogen-bond donors (Lipinski definition) is 3. The first kappa shape index (κ1) is 8.19. The molecule has 0 bridgehead atoms. The molecule has 0 aromatic rings. The summed E-state index contributed by atoms with van der Waals surface area (Å²) < 4.78 is 4.30. The zero-order valence-corrected chi connectivity index (χ0v) is 5.20. The van der Waals surface area contributed by atoms with Crippen LogP contribution in [0.3, 0.4) is 0 Å². The van der Waals surface area contributed by atoms with E-state index in [-0.39, 0.29) is 0 Å². The van der Waals surface area contributed by atoms with Crippen LogP contribution < -0.4 is 17.2 Å². The van der Waals surface area contributed by atoms with E-state index >= 15 is 0 Å². The number of primary amides is 1. The summed E-state index contributed by atoms with van der Waals surface area (Å²) in [6.07, 6.45) is -1.71. The van der Waals surface area contributed by atoms with Gasteiger partial charge in [-0.1, -0.05) is 0 Å². The second-order valence-electron chi connectivity index (χ2n) is 1.76. The summed E-state index contributed by atoms with van der Waals surface area (Å²) in [5.41, 5.74) is 15.0. The van der Waals surface area contributed by atoms with Crippen molar-refractivity contribution in [3.05, 3.63) is 0 Å². The Labute approximate surface area is 53.1 Å². The highest BCUT2D eigenvalue weighted by Gasteiger charge is 2.09. The minimum Gasteiger partial charge on any atom is -0.429 e. The molecule has 0 saturated heterocycles. The van der Waals surface area contributed by atoms with Gasteiger partial charge in [-0.05, 0) is 6.92 Å². The molecule has 0 aliphatic carbocycles. The van der Waals surface area contributed by atoms with Gasteiger partial charge >= 0.3 is 6.09 Å². The summed E-state index contributed by atoms with van der Waals surface area (Å²) in [6, 6.07) is -0.391. The number of amides is 1. The zero-order valence-electron chi connectivity index (χ0n) is 5.20. The molecule has 0 saturated carbocycles. The van der Waals surface area contributed by atoms with Gasteiger partial charge in [0, 0.05) is 0 Å². The van der Waals surface area contributed by atoms with Crippen LogP contribution >= 0.6 is 0 Å². The minimum atomic E-state index is -0.903. The van der Waals surface area contributed by atoms with E-state index in [1.165, 1.54) is 0 Å². The maximum atomic E-state index is 9.98. The molecule has 0 heterocycles. The first-order valence-electron chi connectivity index (χ1n) is 2.51. The topological polar surface area (TPSA) is 104 Å². The van der Waals surface area contributed by atoms with Crippen molar-refractivity contribution in [1.82, 2.24) is 0 Å². The average molecular weight is 133 g/mol. The largest absolute Gasteiger partial charge is 0.429 e. The van der Waals surface area contributed by atoms with Gasteiger partial charge < -0.3 is 16.2 Å². The van der Waals surface area contributed by atoms with Crippen molar-refractivity contribution in [1.29, 1.82) is 0 Å². The van der Waals surface area contributed by atoms with Crippen molar-refractivity contribution < 1.29 is 9.53 Å². The van der Waals surface area contributed by atoms with Crippen molar-refractivity contribution in [2.75, 3.05) is 0 Å². The number of hydrogen-bond acceptors (Lipinski definition) is 4. The predicted molar refractivity (Wildman–Crippen MR) is 32.3 cm³/mol. The maximum Gasteiger partial charge on any atom is 0.406 e. The molecule has 54 valence electrons. The summed E-state index contributed by atoms with van der Waals surface area (Å²) in [6.45, 7) is 1.62. The van der Waals surface area contributed by atoms with E-state index in [0.29, 0.717) is 0 Å². The molecule has 0 aromatic heterocycles. The summed E-state index contributed by atoms with van der Waals surface area (Å²) in [5, 5.41) is 0. The third kappa shape index (κ3) is 3.75. The van der Waals surface area contributed by atoms with Crippen LogP contribution in [0.25, 0.3) is 0 Å². The second-order valence-corrected chi connectivity index (χ2v) is 1.76. The summed E-state index contributed by atoms with van der Waals surface area (Å²) >= 11 is 0. The van der Waals surface area contributed by atoms with Crippen molar-refractivity contribution >= 4 is 6.09 Å². The molecule has 0 aromatic carbocycles. The van der Waals surface area contributed by atoms with Gasteiger partial charge in [0.1, 0.15) is 0 Å². The van der Waals surface area contributed by atoms with Gasteiger partial charge in [0.05, 0.1) is 6.04 Å². The molecule has 0 spiro atoms. The quantitative estimate of drug-likeness (QED) is 0.408. The molecular weight excluding hydrogens is 122 g/mol. The monoisotopic (exact) mass is 133 g/mol. The number of carbonyl (C=O) groups excluding carboxylic acids is 1. The van der Waals surface area contributed by atoms with Crippen LogP contribution in [-0.4, -0.2) is 18.4 Å². The van der Waals surface area contributed by atoms with Gasteiger partial charge in [0.2, 0.25) is 0 Å². The summed E-state index contributed by atoms with van der Waals surface area (Å²) in [7, 11) is 0. The summed E-state index contributed by atoms with van der Waals surface area (Å²) in [4.78, 5) is 9.98. The summed E-state index contributed by atoms with van der Waals surface area (Å²) in [5.74, 6) is 0. The highest BCUT2D eigenvalue weighted by molar-refractivity contribution is 5.64. The Hall–Kier alpha value is -0.810. The lowest BCUT2D eigenvalue weighted by molar-refractivity contribution is 0.0976. The number of rotatable bonds is 2. The molecule has 9 heavy (non-hydrogen) atoms. The van der Waals surface area contributed by atoms with Crippen LogP contribution in [-0.2, 0) is 4.74 Å². The standard InChI is InChI=1S/C4H11N3O2/c1-2(5)3(6)9-4(7)8/h2-3H,5-6H2,1H3,(H2,7,8). The molecule has 2 unspecified atom stereocenters. The SMILES string of the molecule is CC(N)C(N)OC(N)=O. The first-order valence-corrected chi connectivity index (χ1v) is 2.51. The molecule has 6 N–H and O–H groups in total. The predicted octanol–water partition coefficient (Wildman–Crippen LogP) is -1.29. The smallest absolute Gasteiger partial charge is 0.406 e. The van der Waals surface area contributed by atoms with E-state index in [9.17, 15) is 4.79 Å². The van der Waals surface area contributed by atoms with Crippen LogP contribution in [0.2, 0.25) is 0 Å². The fraction of sp³-hybridized carbons (Fsp3) is 0.750. The lowest BCUT2D eigenvalue weighted by atomic mass is 10.3. The lowest BCUT2D eigenvalue weighted by Gasteiger charge is -2.13. The van der Waals surface area contributed by atoms with Crippen LogP contribution in [0.5, 0.6) is 0 Å². The Morgan fingerprint density at radius 1 is 1.56 bits per heavy atom. The highest BCUT2D eigenvalue weighted by Crippen LogP contribution is 1.86. The third-order valence-electron chi connectivity index (χ3n) is 0.770. The molecule has 2 atom stereocenters. The Bertz CT molecular complexity index is 104. The van der Waals surface area contributed by atoms with E-state index in [2.05, 4.69) is 10.5 Å². The molecule has 5 heteroatoms. The Morgan fingerprint density at radius 3 is 2.11 bits per heavy atom. The zero-order chi connectivity index (χ0) is 7.44. The van der Waals surface area contributed by atoms with Gasteiger partial charge in [0.25, 0.3) is 0 Å². The van der Waals surface area contributed by atoms with Gasteiger partial charge in [-0.2, -0.15) is 0 Å². The normalized spacial score (nSPS) is 16.3. The van der Waals surface area contributed by atoms with Gasteiger partial charge in [-0.15, -0.1) is 0 Å². The fourth-order valence-electron chi connectivity index (χ4n) is 0.241. The Balaban J connectivity index is 3.50. The van der Waals surface area contributed by atoms with E-state index in [0.717, 1.165) is 0 Å². The van der Waals surface area contributed by atoms with Crippen LogP contribution in [0.4, 0.5) is 4.79 Å². The second kappa shape index (κ2) is 3.26.